The fraction of sp³-hybridized carbons (Fsp3) is 0.533. The van der Waals surface area contributed by atoms with E-state index in [1.807, 2.05) is 6.07 Å². The summed E-state index contributed by atoms with van der Waals surface area (Å²) in [5.41, 5.74) is 2.28. The molecule has 0 aliphatic heterocycles. The molecule has 0 bridgehead atoms. The van der Waals surface area contributed by atoms with E-state index in [2.05, 4.69) is 46.9 Å². The zero-order chi connectivity index (χ0) is 13.7. The Hall–Kier alpha value is -1.39. The molecular formula is C15H23N3O. The topological polar surface area (TPSA) is 39.1 Å². The van der Waals surface area contributed by atoms with Crippen LogP contribution in [0.5, 0.6) is 0 Å². The van der Waals surface area contributed by atoms with Gasteiger partial charge in [0.1, 0.15) is 5.82 Å². The molecule has 0 aliphatic carbocycles. The summed E-state index contributed by atoms with van der Waals surface area (Å²) in [4.78, 5) is 4.58. The normalized spacial score (nSPS) is 13.0. The van der Waals surface area contributed by atoms with Gasteiger partial charge in [-0.1, -0.05) is 19.1 Å². The summed E-state index contributed by atoms with van der Waals surface area (Å²) in [6.45, 7) is 6.87. The smallest absolute Gasteiger partial charge is 0.106 e. The zero-order valence-electron chi connectivity index (χ0n) is 12.0. The Morgan fingerprint density at radius 2 is 2.16 bits per heavy atom. The van der Waals surface area contributed by atoms with Crippen LogP contribution in [0.1, 0.15) is 19.2 Å². The van der Waals surface area contributed by atoms with E-state index in [-0.39, 0.29) is 0 Å². The number of aromatic nitrogens is 2. The molecule has 0 spiro atoms. The molecule has 0 saturated carbocycles. The third-order valence-corrected chi connectivity index (χ3v) is 3.47. The van der Waals surface area contributed by atoms with Crippen molar-refractivity contribution in [3.8, 4) is 0 Å². The monoisotopic (exact) mass is 261 g/mol. The quantitative estimate of drug-likeness (QED) is 0.831. The largest absolute Gasteiger partial charge is 0.383 e. The van der Waals surface area contributed by atoms with Crippen LogP contribution in [0.25, 0.3) is 11.0 Å². The summed E-state index contributed by atoms with van der Waals surface area (Å²) in [6.07, 6.45) is 1.08. The lowest BCUT2D eigenvalue weighted by atomic mass is 10.2. The predicted octanol–water partition coefficient (Wildman–Crippen LogP) is 2.36. The number of benzene rings is 1. The Balaban J connectivity index is 1.99. The lowest BCUT2D eigenvalue weighted by Crippen LogP contribution is -2.34. The van der Waals surface area contributed by atoms with Crippen molar-refractivity contribution in [1.82, 2.24) is 14.9 Å². The van der Waals surface area contributed by atoms with Crippen molar-refractivity contribution >= 4 is 11.0 Å². The van der Waals surface area contributed by atoms with Gasteiger partial charge < -0.3 is 14.6 Å². The van der Waals surface area contributed by atoms with Gasteiger partial charge in [-0.2, -0.15) is 0 Å². The van der Waals surface area contributed by atoms with Crippen LogP contribution in [0, 0.1) is 6.92 Å². The molecule has 19 heavy (non-hydrogen) atoms. The minimum Gasteiger partial charge on any atom is -0.383 e. The number of hydrogen-bond acceptors (Lipinski definition) is 3. The number of rotatable bonds is 7. The maximum Gasteiger partial charge on any atom is 0.106 e. The van der Waals surface area contributed by atoms with Crippen LogP contribution in [0.3, 0.4) is 0 Å². The number of nitrogens with zero attached hydrogens (tertiary/aromatic N) is 2. The molecule has 1 heterocycles. The van der Waals surface area contributed by atoms with Gasteiger partial charge >= 0.3 is 0 Å². The number of hydrogen-bond donors (Lipinski definition) is 1. The average Bonchev–Trinajstić information content (AvgIpc) is 2.74. The van der Waals surface area contributed by atoms with E-state index in [0.29, 0.717) is 6.04 Å². The third-order valence-electron chi connectivity index (χ3n) is 3.47. The SMILES string of the molecule is CCC(COC)NCCn1c(C)nc2ccccc21. The van der Waals surface area contributed by atoms with Crippen molar-refractivity contribution in [3.05, 3.63) is 30.1 Å². The second kappa shape index (κ2) is 6.68. The first kappa shape index (κ1) is 14.0. The number of aryl methyl sites for hydroxylation is 1. The van der Waals surface area contributed by atoms with Crippen LogP contribution in [0.2, 0.25) is 0 Å². The van der Waals surface area contributed by atoms with Gasteiger partial charge in [-0.05, 0) is 25.5 Å². The molecule has 2 rings (SSSR count). The molecule has 1 aromatic heterocycles. The molecule has 0 aliphatic rings. The number of fused-ring (bicyclic) bond motifs is 1. The van der Waals surface area contributed by atoms with Crippen molar-refractivity contribution in [2.75, 3.05) is 20.3 Å². The highest BCUT2D eigenvalue weighted by Crippen LogP contribution is 2.14. The first-order valence-corrected chi connectivity index (χ1v) is 6.90. The van der Waals surface area contributed by atoms with E-state index in [1.165, 1.54) is 5.52 Å². The highest BCUT2D eigenvalue weighted by Gasteiger charge is 2.08. The summed E-state index contributed by atoms with van der Waals surface area (Å²) in [6, 6.07) is 8.71. The molecule has 4 nitrogen and oxygen atoms in total. The predicted molar refractivity (Wildman–Crippen MR) is 78.4 cm³/mol. The number of imidazole rings is 1. The van der Waals surface area contributed by atoms with Crippen LogP contribution in [-0.2, 0) is 11.3 Å². The third kappa shape index (κ3) is 3.33. The second-order valence-electron chi connectivity index (χ2n) is 4.81. The zero-order valence-corrected chi connectivity index (χ0v) is 12.0. The van der Waals surface area contributed by atoms with E-state index >= 15 is 0 Å². The summed E-state index contributed by atoms with van der Waals surface area (Å²) < 4.78 is 7.46. The van der Waals surface area contributed by atoms with E-state index in [4.69, 9.17) is 4.74 Å². The minimum absolute atomic E-state index is 0.431. The highest BCUT2D eigenvalue weighted by atomic mass is 16.5. The van der Waals surface area contributed by atoms with Gasteiger partial charge in [0.15, 0.2) is 0 Å². The second-order valence-corrected chi connectivity index (χ2v) is 4.81. The van der Waals surface area contributed by atoms with Gasteiger partial charge in [-0.15, -0.1) is 0 Å². The summed E-state index contributed by atoms with van der Waals surface area (Å²) in [5, 5.41) is 3.53. The van der Waals surface area contributed by atoms with Crippen LogP contribution in [0.4, 0.5) is 0 Å². The molecule has 1 atom stereocenters. The summed E-state index contributed by atoms with van der Waals surface area (Å²) in [7, 11) is 1.75. The molecule has 0 amide bonds. The van der Waals surface area contributed by atoms with Gasteiger partial charge in [-0.25, -0.2) is 4.98 Å². The van der Waals surface area contributed by atoms with Crippen molar-refractivity contribution in [2.45, 2.75) is 32.9 Å². The Morgan fingerprint density at radius 1 is 1.37 bits per heavy atom. The van der Waals surface area contributed by atoms with E-state index < -0.39 is 0 Å². The maximum absolute atomic E-state index is 5.19. The van der Waals surface area contributed by atoms with Gasteiger partial charge in [0.25, 0.3) is 0 Å². The number of nitrogens with one attached hydrogen (secondary N) is 1. The molecule has 1 aromatic carbocycles. The standard InChI is InChI=1S/C15H23N3O/c1-4-13(11-19-3)16-9-10-18-12(2)17-14-7-5-6-8-15(14)18/h5-8,13,16H,4,9-11H2,1-3H3. The Bertz CT molecular complexity index is 521. The molecule has 1 N–H and O–H groups in total. The molecule has 0 fully saturated rings. The van der Waals surface area contributed by atoms with Gasteiger partial charge in [0.2, 0.25) is 0 Å². The summed E-state index contributed by atoms with van der Waals surface area (Å²) >= 11 is 0. The Kier molecular flexibility index (Phi) is 4.93. The highest BCUT2D eigenvalue weighted by molar-refractivity contribution is 5.75. The number of para-hydroxylation sites is 2. The Morgan fingerprint density at radius 3 is 2.89 bits per heavy atom. The van der Waals surface area contributed by atoms with Crippen molar-refractivity contribution in [2.24, 2.45) is 0 Å². The summed E-state index contributed by atoms with van der Waals surface area (Å²) in [5.74, 6) is 1.07. The lowest BCUT2D eigenvalue weighted by Gasteiger charge is -2.16. The lowest BCUT2D eigenvalue weighted by molar-refractivity contribution is 0.164. The minimum atomic E-state index is 0.431. The van der Waals surface area contributed by atoms with Crippen molar-refractivity contribution in [3.63, 3.8) is 0 Å². The Labute approximate surface area is 114 Å². The van der Waals surface area contributed by atoms with E-state index in [9.17, 15) is 0 Å². The van der Waals surface area contributed by atoms with Crippen LogP contribution >= 0.6 is 0 Å². The molecule has 4 heteroatoms. The molecule has 2 aromatic rings. The molecule has 0 radical (unpaired) electrons. The van der Waals surface area contributed by atoms with Crippen LogP contribution in [-0.4, -0.2) is 35.9 Å². The molecule has 1 unspecified atom stereocenters. The first-order valence-electron chi connectivity index (χ1n) is 6.90. The van der Waals surface area contributed by atoms with Crippen molar-refractivity contribution < 1.29 is 4.74 Å². The molecular weight excluding hydrogens is 238 g/mol. The number of ether oxygens (including phenoxy) is 1. The van der Waals surface area contributed by atoms with Crippen LogP contribution in [0.15, 0.2) is 24.3 Å². The molecule has 0 saturated heterocycles. The maximum atomic E-state index is 5.19. The molecule has 104 valence electrons. The first-order chi connectivity index (χ1) is 9.26. The van der Waals surface area contributed by atoms with Crippen molar-refractivity contribution in [1.29, 1.82) is 0 Å². The van der Waals surface area contributed by atoms with E-state index in [0.717, 1.165) is 37.5 Å². The van der Waals surface area contributed by atoms with Gasteiger partial charge in [-0.3, -0.25) is 0 Å². The number of methoxy groups -OCH3 is 1. The fourth-order valence-electron chi connectivity index (χ4n) is 2.38. The van der Waals surface area contributed by atoms with Gasteiger partial charge in [0, 0.05) is 26.2 Å². The van der Waals surface area contributed by atoms with Crippen LogP contribution < -0.4 is 5.32 Å². The van der Waals surface area contributed by atoms with Gasteiger partial charge in [0.05, 0.1) is 17.6 Å². The fourth-order valence-corrected chi connectivity index (χ4v) is 2.38. The average molecular weight is 261 g/mol. The van der Waals surface area contributed by atoms with E-state index in [1.54, 1.807) is 7.11 Å².